The third-order valence-corrected chi connectivity index (χ3v) is 4.28. The number of anilines is 1. The van der Waals surface area contributed by atoms with Crippen LogP contribution >= 0.6 is 11.3 Å². The molecular formula is C18H16N2O3S. The number of hydrogen-bond acceptors (Lipinski definition) is 5. The maximum absolute atomic E-state index is 12.4. The van der Waals surface area contributed by atoms with E-state index in [-0.39, 0.29) is 5.91 Å². The van der Waals surface area contributed by atoms with E-state index in [1.165, 1.54) is 11.3 Å². The lowest BCUT2D eigenvalue weighted by atomic mass is 10.2. The number of aromatic nitrogens is 1. The summed E-state index contributed by atoms with van der Waals surface area (Å²) in [6, 6.07) is 14.8. The molecule has 1 heterocycles. The van der Waals surface area contributed by atoms with Gasteiger partial charge in [0.1, 0.15) is 22.2 Å². The van der Waals surface area contributed by atoms with Crippen molar-refractivity contribution in [1.29, 1.82) is 0 Å². The lowest BCUT2D eigenvalue weighted by Crippen LogP contribution is -2.12. The quantitative estimate of drug-likeness (QED) is 0.760. The average molecular weight is 340 g/mol. The van der Waals surface area contributed by atoms with Crippen LogP contribution < -0.4 is 14.8 Å². The van der Waals surface area contributed by atoms with Gasteiger partial charge in [-0.25, -0.2) is 4.98 Å². The summed E-state index contributed by atoms with van der Waals surface area (Å²) in [7, 11) is 3.20. The van der Waals surface area contributed by atoms with Crippen LogP contribution in [0.25, 0.3) is 10.6 Å². The Balaban J connectivity index is 1.81. The number of nitrogens with one attached hydrogen (secondary N) is 1. The van der Waals surface area contributed by atoms with Crippen LogP contribution in [0.3, 0.4) is 0 Å². The highest BCUT2D eigenvalue weighted by molar-refractivity contribution is 7.13. The van der Waals surface area contributed by atoms with Gasteiger partial charge in [-0.2, -0.15) is 0 Å². The van der Waals surface area contributed by atoms with Crippen molar-refractivity contribution in [3.63, 3.8) is 0 Å². The van der Waals surface area contributed by atoms with Gasteiger partial charge in [0.05, 0.1) is 19.8 Å². The van der Waals surface area contributed by atoms with Gasteiger partial charge < -0.3 is 14.8 Å². The second kappa shape index (κ2) is 7.14. The zero-order valence-electron chi connectivity index (χ0n) is 13.3. The molecule has 0 aliphatic rings. The molecule has 122 valence electrons. The van der Waals surface area contributed by atoms with Crippen molar-refractivity contribution in [3.05, 3.63) is 59.6 Å². The second-order valence-corrected chi connectivity index (χ2v) is 5.78. The van der Waals surface area contributed by atoms with E-state index < -0.39 is 0 Å². The molecule has 1 amide bonds. The molecule has 1 aromatic heterocycles. The first kappa shape index (κ1) is 16.0. The lowest BCUT2D eigenvalue weighted by Gasteiger charge is -2.06. The predicted molar refractivity (Wildman–Crippen MR) is 95.0 cm³/mol. The maximum atomic E-state index is 12.4. The van der Waals surface area contributed by atoms with Gasteiger partial charge in [-0.3, -0.25) is 4.79 Å². The van der Waals surface area contributed by atoms with E-state index in [4.69, 9.17) is 9.47 Å². The Morgan fingerprint density at radius 2 is 1.92 bits per heavy atom. The van der Waals surface area contributed by atoms with Crippen LogP contribution in [0.5, 0.6) is 11.5 Å². The number of methoxy groups -OCH3 is 2. The molecule has 0 atom stereocenters. The molecule has 2 aromatic carbocycles. The molecule has 3 rings (SSSR count). The van der Waals surface area contributed by atoms with Gasteiger partial charge in [0.15, 0.2) is 0 Å². The highest BCUT2D eigenvalue weighted by Gasteiger charge is 2.14. The van der Waals surface area contributed by atoms with E-state index in [1.807, 2.05) is 36.4 Å². The van der Waals surface area contributed by atoms with E-state index in [0.717, 1.165) is 16.3 Å². The highest BCUT2D eigenvalue weighted by Crippen LogP contribution is 2.32. The van der Waals surface area contributed by atoms with Crippen LogP contribution in [-0.4, -0.2) is 25.1 Å². The average Bonchev–Trinajstić information content (AvgIpc) is 3.12. The van der Waals surface area contributed by atoms with Gasteiger partial charge >= 0.3 is 0 Å². The summed E-state index contributed by atoms with van der Waals surface area (Å²) in [6.07, 6.45) is 0. The van der Waals surface area contributed by atoms with Crippen molar-refractivity contribution in [2.24, 2.45) is 0 Å². The van der Waals surface area contributed by atoms with Crippen molar-refractivity contribution >= 4 is 22.9 Å². The Morgan fingerprint density at radius 3 is 2.71 bits per heavy atom. The SMILES string of the molecule is COc1cccc(NC(=O)c2csc(-c3ccccc3OC)n2)c1. The topological polar surface area (TPSA) is 60.5 Å². The Morgan fingerprint density at radius 1 is 1.08 bits per heavy atom. The van der Waals surface area contributed by atoms with Crippen molar-refractivity contribution in [2.75, 3.05) is 19.5 Å². The molecule has 0 unspecified atom stereocenters. The van der Waals surface area contributed by atoms with Gasteiger partial charge in [0, 0.05) is 17.1 Å². The fourth-order valence-corrected chi connectivity index (χ4v) is 3.05. The number of thiazole rings is 1. The molecule has 24 heavy (non-hydrogen) atoms. The maximum Gasteiger partial charge on any atom is 0.275 e. The summed E-state index contributed by atoms with van der Waals surface area (Å²) < 4.78 is 10.5. The Labute approximate surface area is 143 Å². The molecule has 0 aliphatic carbocycles. The highest BCUT2D eigenvalue weighted by atomic mass is 32.1. The van der Waals surface area contributed by atoms with Crippen LogP contribution in [0.1, 0.15) is 10.5 Å². The van der Waals surface area contributed by atoms with Crippen molar-refractivity contribution in [2.45, 2.75) is 0 Å². The summed E-state index contributed by atoms with van der Waals surface area (Å²) in [6.45, 7) is 0. The summed E-state index contributed by atoms with van der Waals surface area (Å²) in [5.41, 5.74) is 1.89. The first-order valence-electron chi connectivity index (χ1n) is 7.25. The number of carbonyl (C=O) groups is 1. The number of benzene rings is 2. The normalized spacial score (nSPS) is 10.2. The van der Waals surface area contributed by atoms with Crippen LogP contribution in [0.4, 0.5) is 5.69 Å². The Hall–Kier alpha value is -2.86. The zero-order valence-corrected chi connectivity index (χ0v) is 14.1. The van der Waals surface area contributed by atoms with Crippen molar-refractivity contribution in [1.82, 2.24) is 4.98 Å². The molecular weight excluding hydrogens is 324 g/mol. The van der Waals surface area contributed by atoms with E-state index in [1.54, 1.807) is 31.7 Å². The molecule has 0 fully saturated rings. The summed E-state index contributed by atoms with van der Waals surface area (Å²) in [4.78, 5) is 16.8. The second-order valence-electron chi connectivity index (χ2n) is 4.92. The van der Waals surface area contributed by atoms with Crippen LogP contribution in [0.2, 0.25) is 0 Å². The largest absolute Gasteiger partial charge is 0.497 e. The molecule has 3 aromatic rings. The third kappa shape index (κ3) is 3.38. The number of nitrogens with zero attached hydrogens (tertiary/aromatic N) is 1. The van der Waals surface area contributed by atoms with Crippen LogP contribution in [0.15, 0.2) is 53.9 Å². The molecule has 6 heteroatoms. The molecule has 0 bridgehead atoms. The van der Waals surface area contributed by atoms with Crippen LogP contribution in [0, 0.1) is 0 Å². The van der Waals surface area contributed by atoms with Gasteiger partial charge in [0.2, 0.25) is 0 Å². The summed E-state index contributed by atoms with van der Waals surface area (Å²) in [5, 5.41) is 5.29. The third-order valence-electron chi connectivity index (χ3n) is 3.40. The number of para-hydroxylation sites is 1. The monoisotopic (exact) mass is 340 g/mol. The molecule has 0 aliphatic heterocycles. The van der Waals surface area contributed by atoms with E-state index >= 15 is 0 Å². The lowest BCUT2D eigenvalue weighted by molar-refractivity contribution is 0.102. The van der Waals surface area contributed by atoms with Gasteiger partial charge in [0.25, 0.3) is 5.91 Å². The van der Waals surface area contributed by atoms with E-state index in [2.05, 4.69) is 10.3 Å². The fourth-order valence-electron chi connectivity index (χ4n) is 2.22. The molecule has 0 saturated heterocycles. The summed E-state index contributed by atoms with van der Waals surface area (Å²) in [5.74, 6) is 1.15. The Kier molecular flexibility index (Phi) is 4.77. The minimum Gasteiger partial charge on any atom is -0.497 e. The minimum absolute atomic E-state index is 0.263. The number of carbonyl (C=O) groups excluding carboxylic acids is 1. The van der Waals surface area contributed by atoms with Crippen molar-refractivity contribution < 1.29 is 14.3 Å². The number of ether oxygens (including phenoxy) is 2. The Bertz CT molecular complexity index is 861. The fraction of sp³-hybridized carbons (Fsp3) is 0.111. The standard InChI is InChI=1S/C18H16N2O3S/c1-22-13-7-5-6-12(10-13)19-17(21)15-11-24-18(20-15)14-8-3-4-9-16(14)23-2/h3-11H,1-2H3,(H,19,21). The summed E-state index contributed by atoms with van der Waals surface area (Å²) >= 11 is 1.40. The number of hydrogen-bond donors (Lipinski definition) is 1. The first-order valence-corrected chi connectivity index (χ1v) is 8.13. The van der Waals surface area contributed by atoms with Gasteiger partial charge in [-0.05, 0) is 24.3 Å². The zero-order chi connectivity index (χ0) is 16.9. The van der Waals surface area contributed by atoms with Crippen molar-refractivity contribution in [3.8, 4) is 22.1 Å². The van der Waals surface area contributed by atoms with E-state index in [0.29, 0.717) is 17.1 Å². The van der Waals surface area contributed by atoms with Gasteiger partial charge in [-0.1, -0.05) is 18.2 Å². The molecule has 0 saturated carbocycles. The number of amides is 1. The smallest absolute Gasteiger partial charge is 0.275 e. The molecule has 0 radical (unpaired) electrons. The van der Waals surface area contributed by atoms with Crippen LogP contribution in [-0.2, 0) is 0 Å². The predicted octanol–water partition coefficient (Wildman–Crippen LogP) is 4.08. The molecule has 5 nitrogen and oxygen atoms in total. The van der Waals surface area contributed by atoms with Gasteiger partial charge in [-0.15, -0.1) is 11.3 Å². The van der Waals surface area contributed by atoms with E-state index in [9.17, 15) is 4.79 Å². The first-order chi connectivity index (χ1) is 11.7. The molecule has 1 N–H and O–H groups in total. The minimum atomic E-state index is -0.263. The number of rotatable bonds is 5. The molecule has 0 spiro atoms.